The number of fused-ring (bicyclic) bond motifs is 4. The largest absolute Gasteiger partial charge is 0.511 e. The van der Waals surface area contributed by atoms with Gasteiger partial charge < -0.3 is 13.9 Å². The van der Waals surface area contributed by atoms with E-state index in [9.17, 15) is 0 Å². The van der Waals surface area contributed by atoms with Gasteiger partial charge in [0.2, 0.25) is 0 Å². The Balaban J connectivity index is 0.00000736. The fourth-order valence-corrected chi connectivity index (χ4v) is 7.56. The third kappa shape index (κ3) is 7.09. The Morgan fingerprint density at radius 2 is 1.32 bits per heavy atom. The van der Waals surface area contributed by atoms with Gasteiger partial charge in [-0.15, -0.1) is 29.7 Å². The maximum Gasteiger partial charge on any atom is 0.268 e. The van der Waals surface area contributed by atoms with E-state index in [0.29, 0.717) is 27.5 Å². The van der Waals surface area contributed by atoms with Gasteiger partial charge in [0.05, 0.1) is 49.5 Å². The quantitative estimate of drug-likeness (QED) is 0.112. The number of aromatic nitrogens is 4. The van der Waals surface area contributed by atoms with Crippen molar-refractivity contribution in [3.8, 4) is 62.1 Å². The number of nitrogens with zero attached hydrogens (tertiary/aromatic N) is 5. The summed E-state index contributed by atoms with van der Waals surface area (Å²) in [5, 5.41) is 1.39. The Morgan fingerprint density at radius 3 is 2.00 bits per heavy atom. The normalized spacial score (nSPS) is 15.3. The van der Waals surface area contributed by atoms with Crippen molar-refractivity contribution in [2.24, 2.45) is 0 Å². The van der Waals surface area contributed by atoms with E-state index in [1.54, 1.807) is 53.1 Å². The molecular formula is C56H35N5OPt-2. The van der Waals surface area contributed by atoms with Gasteiger partial charge in [-0.25, -0.2) is 4.98 Å². The minimum absolute atomic E-state index is 0. The van der Waals surface area contributed by atoms with Crippen LogP contribution in [0.3, 0.4) is 0 Å². The molecule has 3 aromatic heterocycles. The van der Waals surface area contributed by atoms with Gasteiger partial charge in [0.25, 0.3) is 6.33 Å². The predicted molar refractivity (Wildman–Crippen MR) is 247 cm³/mol. The zero-order valence-corrected chi connectivity index (χ0v) is 34.5. The number of hydrogen-bond donors (Lipinski definition) is 0. The smallest absolute Gasteiger partial charge is 0.268 e. The van der Waals surface area contributed by atoms with Crippen LogP contribution in [0.5, 0.6) is 11.5 Å². The summed E-state index contributed by atoms with van der Waals surface area (Å²) in [6, 6.07) is 23.6. The van der Waals surface area contributed by atoms with Crippen LogP contribution in [0, 0.1) is 31.9 Å². The second-order valence-corrected chi connectivity index (χ2v) is 13.8. The molecule has 0 unspecified atom stereocenters. The van der Waals surface area contributed by atoms with E-state index in [2.05, 4.69) is 28.3 Å². The molecule has 0 fully saturated rings. The molecule has 8 aromatic carbocycles. The van der Waals surface area contributed by atoms with Crippen molar-refractivity contribution in [1.82, 2.24) is 14.1 Å². The SMILES string of the molecule is [2H]c1c([2H])c([2H])c(-c2cnc(-n3c4[c-]c(Oc5[c-]c(-n6[c-][n+](-c7c(-c8c([2H])c([2H])c([2H])c([2H])c8[2H])cccc7-c7c([2H])c([2H])c([2H])c([2H])c7[2H])c7ccccc76)cc([N+]#[C-])c5)ccc4c4ccccc43)cc2C([2H])([2H])[2H])c([2H])c1[2H].[Pt]. The summed E-state index contributed by atoms with van der Waals surface area (Å²) in [5.74, 6) is 0.237. The van der Waals surface area contributed by atoms with E-state index in [0.717, 1.165) is 5.39 Å². The summed E-state index contributed by atoms with van der Waals surface area (Å²) >= 11 is 0. The van der Waals surface area contributed by atoms with E-state index in [1.165, 1.54) is 51.7 Å². The molecule has 0 bridgehead atoms. The molecule has 6 nitrogen and oxygen atoms in total. The molecule has 0 saturated carbocycles. The molecule has 0 spiro atoms. The fourth-order valence-electron chi connectivity index (χ4n) is 7.56. The van der Waals surface area contributed by atoms with Gasteiger partial charge in [-0.1, -0.05) is 163 Å². The molecule has 11 rings (SSSR count). The number of ether oxygens (including phenoxy) is 1. The first-order chi connectivity index (χ1) is 38.0. The van der Waals surface area contributed by atoms with Crippen LogP contribution >= 0.6 is 0 Å². The second kappa shape index (κ2) is 16.6. The van der Waals surface area contributed by atoms with Gasteiger partial charge >= 0.3 is 0 Å². The van der Waals surface area contributed by atoms with Gasteiger partial charge in [0.1, 0.15) is 5.82 Å². The average molecular weight is 1010 g/mol. The molecule has 0 aliphatic carbocycles. The van der Waals surface area contributed by atoms with E-state index in [4.69, 9.17) is 36.0 Å². The van der Waals surface area contributed by atoms with Gasteiger partial charge in [0, 0.05) is 48.2 Å². The van der Waals surface area contributed by atoms with Gasteiger partial charge in [-0.3, -0.25) is 9.41 Å². The molecule has 11 aromatic rings. The number of pyridine rings is 1. The van der Waals surface area contributed by atoms with E-state index >= 15 is 0 Å². The molecule has 0 atom stereocenters. The standard InChI is InChI=1S/C56H35N5O.Pt/c1-38-31-55(58-36-50(38)41-21-10-5-11-22-41)61-51-26-13-12-23-48(51)49-30-29-44(35-54(49)61)62-45-33-42(57-2)32-43(34-45)59-37-60(53-28-15-14-27-52(53)59)56-46(39-17-6-3-7-18-39)24-16-25-47(56)40-19-8-4-9-20-40;/h3-33,36H,1H3;/q-2;/i1D3,3D,4D,5D,6D,7D,8D,9D,10D,11D,17D,18D,19D,20D,21D,22D;. The molecule has 7 heteroatoms. The van der Waals surface area contributed by atoms with Crippen LogP contribution in [-0.2, 0) is 21.1 Å². The molecule has 302 valence electrons. The minimum atomic E-state index is -2.85. The van der Waals surface area contributed by atoms with Crippen molar-refractivity contribution in [2.45, 2.75) is 6.85 Å². The Labute approximate surface area is 404 Å². The third-order valence-electron chi connectivity index (χ3n) is 10.2. The summed E-state index contributed by atoms with van der Waals surface area (Å²) in [6.07, 6.45) is 4.46. The monoisotopic (exact) mass is 1010 g/mol. The number of rotatable bonds is 8. The number of benzene rings is 8. The second-order valence-electron chi connectivity index (χ2n) is 13.8. The number of aryl methyl sites for hydroxylation is 1. The van der Waals surface area contributed by atoms with Crippen LogP contribution in [0.25, 0.3) is 88.3 Å². The summed E-state index contributed by atoms with van der Waals surface area (Å²) in [5.41, 5.74) is 0.897. The van der Waals surface area contributed by atoms with Crippen LogP contribution in [0.1, 0.15) is 30.2 Å². The summed E-state index contributed by atoms with van der Waals surface area (Å²) in [7, 11) is 0. The van der Waals surface area contributed by atoms with Gasteiger partial charge in [-0.05, 0) is 63.5 Å². The maximum atomic E-state index is 9.02. The first-order valence-electron chi connectivity index (χ1n) is 27.9. The zero-order valence-electron chi connectivity index (χ0n) is 50.3. The Hall–Kier alpha value is -7.84. The maximum absolute atomic E-state index is 9.02. The summed E-state index contributed by atoms with van der Waals surface area (Å²) in [4.78, 5) is 8.35. The molecule has 0 aliphatic rings. The Bertz CT molecular complexity index is 4380. The van der Waals surface area contributed by atoms with Crippen molar-refractivity contribution < 1.29 is 55.0 Å². The van der Waals surface area contributed by atoms with Crippen molar-refractivity contribution in [3.63, 3.8) is 0 Å². The average Bonchev–Trinajstić information content (AvgIpc) is 4.18. The molecule has 3 heterocycles. The summed E-state index contributed by atoms with van der Waals surface area (Å²) < 4.78 is 166. The molecule has 0 radical (unpaired) electrons. The van der Waals surface area contributed by atoms with E-state index in [-0.39, 0.29) is 94.4 Å². The molecule has 0 aliphatic heterocycles. The number of hydrogen-bond acceptors (Lipinski definition) is 2. The van der Waals surface area contributed by atoms with Crippen molar-refractivity contribution in [3.05, 3.63) is 229 Å². The minimum Gasteiger partial charge on any atom is -0.511 e. The first-order valence-corrected chi connectivity index (χ1v) is 18.9. The fraction of sp³-hybridized carbons (Fsp3) is 0.0179. The van der Waals surface area contributed by atoms with Crippen LogP contribution in [-0.4, -0.2) is 14.1 Å². The van der Waals surface area contributed by atoms with E-state index in [1.807, 2.05) is 12.1 Å². The summed E-state index contributed by atoms with van der Waals surface area (Å²) in [6.45, 7) is 5.30. The Morgan fingerprint density at radius 1 is 0.667 bits per heavy atom. The Kier molecular flexibility index (Phi) is 6.30. The van der Waals surface area contributed by atoms with Crippen LogP contribution in [0.2, 0.25) is 0 Å². The predicted octanol–water partition coefficient (Wildman–Crippen LogP) is 13.4. The number of imidazole rings is 1. The van der Waals surface area contributed by atoms with Gasteiger partial charge in [0.15, 0.2) is 0 Å². The van der Waals surface area contributed by atoms with Crippen molar-refractivity contribution >= 4 is 38.5 Å². The first kappa shape index (κ1) is 24.0. The third-order valence-corrected chi connectivity index (χ3v) is 10.2. The topological polar surface area (TPSA) is 40.2 Å². The molecular weight excluding hydrogens is 954 g/mol. The van der Waals surface area contributed by atoms with Crippen molar-refractivity contribution in [1.29, 1.82) is 0 Å². The molecule has 0 N–H and O–H groups in total. The van der Waals surface area contributed by atoms with Gasteiger partial charge in [-0.2, -0.15) is 12.1 Å². The van der Waals surface area contributed by atoms with Crippen LogP contribution in [0.15, 0.2) is 194 Å². The van der Waals surface area contributed by atoms with Crippen LogP contribution < -0.4 is 9.30 Å². The zero-order chi connectivity index (χ0) is 57.1. The van der Waals surface area contributed by atoms with Crippen LogP contribution in [0.4, 0.5) is 5.69 Å². The molecule has 0 saturated heterocycles. The van der Waals surface area contributed by atoms with Crippen molar-refractivity contribution in [2.75, 3.05) is 0 Å². The molecule has 0 amide bonds. The molecule has 63 heavy (non-hydrogen) atoms. The number of para-hydroxylation sites is 4. The van der Waals surface area contributed by atoms with E-state index < -0.39 is 97.5 Å².